The topological polar surface area (TPSA) is 67.2 Å². The number of nitrogens with one attached hydrogen (secondary N) is 1. The van der Waals surface area contributed by atoms with Gasteiger partial charge in [0, 0.05) is 20.3 Å². The molecule has 1 aromatic carbocycles. The zero-order chi connectivity index (χ0) is 22.9. The van der Waals surface area contributed by atoms with E-state index in [9.17, 15) is 27.2 Å². The Labute approximate surface area is 175 Å². The van der Waals surface area contributed by atoms with Gasteiger partial charge >= 0.3 is 6.18 Å². The number of anilines is 1. The molecule has 0 saturated heterocycles. The van der Waals surface area contributed by atoms with E-state index < -0.39 is 41.4 Å². The summed E-state index contributed by atoms with van der Waals surface area (Å²) in [6.07, 6.45) is -4.06. The van der Waals surface area contributed by atoms with Crippen LogP contribution < -0.4 is 15.6 Å². The van der Waals surface area contributed by atoms with Gasteiger partial charge in [-0.05, 0) is 30.7 Å². The van der Waals surface area contributed by atoms with E-state index in [4.69, 9.17) is 0 Å². The van der Waals surface area contributed by atoms with Gasteiger partial charge in [-0.1, -0.05) is 19.1 Å². The lowest BCUT2D eigenvalue weighted by Gasteiger charge is -2.21. The van der Waals surface area contributed by atoms with Crippen molar-refractivity contribution in [1.82, 2.24) is 14.9 Å². The van der Waals surface area contributed by atoms with Crippen molar-refractivity contribution in [1.29, 1.82) is 0 Å². The van der Waals surface area contributed by atoms with Crippen LogP contribution in [0.5, 0.6) is 0 Å². The Bertz CT molecular complexity index is 1190. The van der Waals surface area contributed by atoms with Crippen molar-refractivity contribution in [3.8, 4) is 5.69 Å². The molecule has 3 aromatic rings. The number of nitrogens with zero attached hydrogens (tertiary/aromatic N) is 3. The summed E-state index contributed by atoms with van der Waals surface area (Å²) in [4.78, 5) is 31.6. The van der Waals surface area contributed by atoms with Crippen LogP contribution >= 0.6 is 0 Å². The maximum absolute atomic E-state index is 14.5. The minimum Gasteiger partial charge on any atom is -0.363 e. The van der Waals surface area contributed by atoms with Gasteiger partial charge in [0.1, 0.15) is 23.2 Å². The zero-order valence-electron chi connectivity index (χ0n) is 17.0. The van der Waals surface area contributed by atoms with Crippen LogP contribution in [0.4, 0.5) is 23.4 Å². The van der Waals surface area contributed by atoms with E-state index in [1.165, 1.54) is 41.8 Å². The number of pyridine rings is 2. The number of aromatic nitrogens is 2. The molecule has 10 heteroatoms. The minimum atomic E-state index is -4.67. The molecule has 0 saturated carbocycles. The SMILES string of the molecule is CC[C@H](NC(=O)c1cn(-c2ccccc2F)c2nc(N(C)C)ccc2c1=O)C(F)(F)F. The summed E-state index contributed by atoms with van der Waals surface area (Å²) < 4.78 is 55.0. The molecule has 2 heterocycles. The number of hydrogen-bond acceptors (Lipinski definition) is 4. The molecule has 6 nitrogen and oxygen atoms in total. The number of hydrogen-bond donors (Lipinski definition) is 1. The van der Waals surface area contributed by atoms with Crippen LogP contribution in [-0.2, 0) is 0 Å². The Morgan fingerprint density at radius 1 is 1.19 bits per heavy atom. The molecule has 0 aliphatic rings. The smallest absolute Gasteiger partial charge is 0.363 e. The number of fused-ring (bicyclic) bond motifs is 1. The molecule has 0 radical (unpaired) electrons. The van der Waals surface area contributed by atoms with Gasteiger partial charge in [0.05, 0.1) is 11.1 Å². The highest BCUT2D eigenvalue weighted by molar-refractivity contribution is 5.97. The molecule has 31 heavy (non-hydrogen) atoms. The number of carbonyl (C=O) groups excluding carboxylic acids is 1. The summed E-state index contributed by atoms with van der Waals surface area (Å²) >= 11 is 0. The Morgan fingerprint density at radius 3 is 2.45 bits per heavy atom. The minimum absolute atomic E-state index is 0.00665. The van der Waals surface area contributed by atoms with Gasteiger partial charge in [-0.25, -0.2) is 9.37 Å². The number of rotatable bonds is 5. The highest BCUT2D eigenvalue weighted by atomic mass is 19.4. The third-order valence-electron chi connectivity index (χ3n) is 4.76. The summed E-state index contributed by atoms with van der Waals surface area (Å²) in [5.74, 6) is -1.38. The summed E-state index contributed by atoms with van der Waals surface area (Å²) in [5, 5.41) is 1.83. The number of para-hydroxylation sites is 1. The monoisotopic (exact) mass is 436 g/mol. The first kappa shape index (κ1) is 22.3. The second kappa shape index (κ2) is 8.37. The molecule has 0 fully saturated rings. The maximum Gasteiger partial charge on any atom is 0.408 e. The average molecular weight is 436 g/mol. The van der Waals surface area contributed by atoms with Gasteiger partial charge in [-0.15, -0.1) is 0 Å². The molecule has 0 bridgehead atoms. The van der Waals surface area contributed by atoms with Gasteiger partial charge < -0.3 is 10.2 Å². The zero-order valence-corrected chi connectivity index (χ0v) is 17.0. The number of carbonyl (C=O) groups is 1. The Balaban J connectivity index is 2.26. The van der Waals surface area contributed by atoms with E-state index in [2.05, 4.69) is 4.98 Å². The fourth-order valence-electron chi connectivity index (χ4n) is 3.09. The Morgan fingerprint density at radius 2 is 1.87 bits per heavy atom. The maximum atomic E-state index is 14.5. The van der Waals surface area contributed by atoms with Crippen LogP contribution in [0.3, 0.4) is 0 Å². The molecule has 1 N–H and O–H groups in total. The lowest BCUT2D eigenvalue weighted by molar-refractivity contribution is -0.153. The van der Waals surface area contributed by atoms with Crippen molar-refractivity contribution in [2.24, 2.45) is 0 Å². The molecule has 2 aromatic heterocycles. The summed E-state index contributed by atoms with van der Waals surface area (Å²) in [6.45, 7) is 1.27. The molecule has 0 aliphatic carbocycles. The number of benzene rings is 1. The second-order valence-corrected chi connectivity index (χ2v) is 7.10. The fourth-order valence-corrected chi connectivity index (χ4v) is 3.09. The van der Waals surface area contributed by atoms with E-state index in [1.54, 1.807) is 25.1 Å². The lowest BCUT2D eigenvalue weighted by Crippen LogP contribution is -2.46. The van der Waals surface area contributed by atoms with Gasteiger partial charge in [-0.3, -0.25) is 14.2 Å². The molecule has 1 amide bonds. The molecule has 0 spiro atoms. The van der Waals surface area contributed by atoms with Crippen LogP contribution in [-0.4, -0.2) is 41.8 Å². The summed E-state index contributed by atoms with van der Waals surface area (Å²) in [7, 11) is 3.45. The molecule has 164 valence electrons. The Hall–Kier alpha value is -3.43. The van der Waals surface area contributed by atoms with Crippen molar-refractivity contribution in [3.05, 3.63) is 64.2 Å². The van der Waals surface area contributed by atoms with Crippen molar-refractivity contribution < 1.29 is 22.4 Å². The number of alkyl halides is 3. The van der Waals surface area contributed by atoms with Crippen LogP contribution in [0, 0.1) is 5.82 Å². The average Bonchev–Trinajstić information content (AvgIpc) is 2.71. The van der Waals surface area contributed by atoms with Gasteiger partial charge in [0.2, 0.25) is 5.43 Å². The van der Waals surface area contributed by atoms with Crippen molar-refractivity contribution in [2.45, 2.75) is 25.6 Å². The normalized spacial score (nSPS) is 12.6. The number of halogens is 4. The van der Waals surface area contributed by atoms with Crippen LogP contribution in [0.15, 0.2) is 47.4 Å². The summed E-state index contributed by atoms with van der Waals surface area (Å²) in [5.41, 5.74) is -1.28. The van der Waals surface area contributed by atoms with Crippen LogP contribution in [0.25, 0.3) is 16.7 Å². The van der Waals surface area contributed by atoms with E-state index in [0.717, 1.165) is 6.20 Å². The fraction of sp³-hybridized carbons (Fsp3) is 0.286. The van der Waals surface area contributed by atoms with Gasteiger partial charge in [0.25, 0.3) is 5.91 Å². The van der Waals surface area contributed by atoms with Crippen molar-refractivity contribution in [2.75, 3.05) is 19.0 Å². The third-order valence-corrected chi connectivity index (χ3v) is 4.76. The van der Waals surface area contributed by atoms with Gasteiger partial charge in [0.15, 0.2) is 5.65 Å². The van der Waals surface area contributed by atoms with Gasteiger partial charge in [-0.2, -0.15) is 13.2 Å². The standard InChI is InChI=1S/C21H20F4N4O2/c1-4-16(21(23,24)25)26-20(31)13-11-29(15-8-6-5-7-14(15)22)19-12(18(13)30)9-10-17(27-19)28(2)3/h5-11,16H,4H2,1-3H3,(H,26,31)/t16-/m0/s1. The number of amides is 1. The predicted molar refractivity (Wildman–Crippen MR) is 109 cm³/mol. The van der Waals surface area contributed by atoms with Crippen molar-refractivity contribution in [3.63, 3.8) is 0 Å². The largest absolute Gasteiger partial charge is 0.408 e. The van der Waals surface area contributed by atoms with E-state index in [0.29, 0.717) is 5.82 Å². The first-order valence-electron chi connectivity index (χ1n) is 9.40. The molecular formula is C21H20F4N4O2. The second-order valence-electron chi connectivity index (χ2n) is 7.10. The van der Waals surface area contributed by atoms with Crippen molar-refractivity contribution >= 4 is 22.8 Å². The Kier molecular flexibility index (Phi) is 6.01. The summed E-state index contributed by atoms with van der Waals surface area (Å²) in [6, 6.07) is 6.43. The van der Waals surface area contributed by atoms with E-state index in [1.807, 2.05) is 5.32 Å². The molecule has 3 rings (SSSR count). The van der Waals surface area contributed by atoms with E-state index >= 15 is 0 Å². The molecule has 1 atom stereocenters. The first-order valence-corrected chi connectivity index (χ1v) is 9.40. The quantitative estimate of drug-likeness (QED) is 0.620. The predicted octanol–water partition coefficient (Wildman–Crippen LogP) is 3.66. The molecule has 0 unspecified atom stereocenters. The highest BCUT2D eigenvalue weighted by Crippen LogP contribution is 2.24. The third kappa shape index (κ3) is 4.37. The molecule has 0 aliphatic heterocycles. The lowest BCUT2D eigenvalue weighted by atomic mass is 10.1. The van der Waals surface area contributed by atoms with E-state index in [-0.39, 0.29) is 16.7 Å². The van der Waals surface area contributed by atoms with Crippen LogP contribution in [0.2, 0.25) is 0 Å². The highest BCUT2D eigenvalue weighted by Gasteiger charge is 2.39. The first-order chi connectivity index (χ1) is 14.5. The van der Waals surface area contributed by atoms with Crippen LogP contribution in [0.1, 0.15) is 23.7 Å². The molecular weight excluding hydrogens is 416 g/mol.